The van der Waals surface area contributed by atoms with Gasteiger partial charge in [-0.1, -0.05) is 65.7 Å². The highest BCUT2D eigenvalue weighted by Gasteiger charge is 2.11. The van der Waals surface area contributed by atoms with Crippen LogP contribution in [0, 0.1) is 0 Å². The molecule has 4 aromatic rings. The fourth-order valence-electron chi connectivity index (χ4n) is 2.63. The summed E-state index contributed by atoms with van der Waals surface area (Å²) in [4.78, 5) is 0. The van der Waals surface area contributed by atoms with Gasteiger partial charge in [0.2, 0.25) is 11.8 Å². The van der Waals surface area contributed by atoms with Gasteiger partial charge in [-0.25, -0.2) is 0 Å². The molecule has 0 aliphatic carbocycles. The van der Waals surface area contributed by atoms with Gasteiger partial charge >= 0.3 is 0 Å². The van der Waals surface area contributed by atoms with E-state index in [4.69, 9.17) is 27.6 Å². The van der Waals surface area contributed by atoms with Crippen molar-refractivity contribution in [3.05, 3.63) is 82.2 Å². The molecule has 25 heavy (non-hydrogen) atoms. The van der Waals surface area contributed by atoms with Crippen LogP contribution in [0.15, 0.2) is 65.1 Å². The number of benzene rings is 3. The zero-order valence-corrected chi connectivity index (χ0v) is 14.5. The van der Waals surface area contributed by atoms with Gasteiger partial charge in [0.1, 0.15) is 0 Å². The fraction of sp³-hybridized carbons (Fsp3) is 0. The molecule has 3 nitrogen and oxygen atoms in total. The maximum atomic E-state index is 6.18. The summed E-state index contributed by atoms with van der Waals surface area (Å²) in [5.74, 6) is 0.771. The van der Waals surface area contributed by atoms with E-state index in [-0.39, 0.29) is 0 Å². The number of rotatable bonds is 3. The lowest BCUT2D eigenvalue weighted by atomic mass is 10.0. The second kappa shape index (κ2) is 6.71. The van der Waals surface area contributed by atoms with Gasteiger partial charge in [-0.05, 0) is 40.6 Å². The Kier molecular flexibility index (Phi) is 4.26. The summed E-state index contributed by atoms with van der Waals surface area (Å²) in [7, 11) is 0. The molecule has 1 heterocycles. The lowest BCUT2D eigenvalue weighted by Gasteiger charge is -2.01. The summed E-state index contributed by atoms with van der Waals surface area (Å²) in [6.45, 7) is 0. The molecule has 0 amide bonds. The minimum atomic E-state index is 0.360. The van der Waals surface area contributed by atoms with Crippen molar-refractivity contribution in [3.63, 3.8) is 0 Å². The molecule has 0 aliphatic rings. The standard InChI is InChI=1S/C20H12Cl2N2O/c21-15-9-10-17(18(22)12-15)20-24-23-19(25-20)11-8-14-6-3-5-13-4-1-2-7-16(13)14/h1-12H/b11-8+. The molecule has 0 N–H and O–H groups in total. The quantitative estimate of drug-likeness (QED) is 0.422. The van der Waals surface area contributed by atoms with E-state index in [0.29, 0.717) is 27.4 Å². The van der Waals surface area contributed by atoms with Crippen molar-refractivity contribution < 1.29 is 4.42 Å². The van der Waals surface area contributed by atoms with E-state index in [1.54, 1.807) is 24.3 Å². The molecular formula is C20H12Cl2N2O. The summed E-state index contributed by atoms with van der Waals surface area (Å²) in [5, 5.41) is 11.5. The van der Waals surface area contributed by atoms with E-state index < -0.39 is 0 Å². The van der Waals surface area contributed by atoms with Gasteiger partial charge in [0.05, 0.1) is 10.6 Å². The van der Waals surface area contributed by atoms with Crippen LogP contribution in [0.4, 0.5) is 0 Å². The first-order valence-corrected chi connectivity index (χ1v) is 8.41. The Labute approximate surface area is 154 Å². The fourth-order valence-corrected chi connectivity index (χ4v) is 3.12. The molecule has 3 aromatic carbocycles. The molecule has 1 aromatic heterocycles. The average molecular weight is 367 g/mol. The van der Waals surface area contributed by atoms with E-state index in [1.807, 2.05) is 30.3 Å². The Balaban J connectivity index is 1.65. The number of nitrogens with zero attached hydrogens (tertiary/aromatic N) is 2. The molecule has 0 spiro atoms. The maximum Gasteiger partial charge on any atom is 0.249 e. The van der Waals surface area contributed by atoms with E-state index in [1.165, 1.54) is 10.8 Å². The predicted molar refractivity (Wildman–Crippen MR) is 103 cm³/mol. The van der Waals surface area contributed by atoms with Crippen molar-refractivity contribution in [1.82, 2.24) is 10.2 Å². The molecule has 122 valence electrons. The van der Waals surface area contributed by atoms with Crippen LogP contribution in [-0.4, -0.2) is 10.2 Å². The van der Waals surface area contributed by atoms with Crippen molar-refractivity contribution in [3.8, 4) is 11.5 Å². The Morgan fingerprint density at radius 3 is 2.56 bits per heavy atom. The molecular weight excluding hydrogens is 355 g/mol. The number of fused-ring (bicyclic) bond motifs is 1. The van der Waals surface area contributed by atoms with Crippen molar-refractivity contribution in [2.75, 3.05) is 0 Å². The lowest BCUT2D eigenvalue weighted by Crippen LogP contribution is -1.79. The number of hydrogen-bond donors (Lipinski definition) is 0. The molecule has 0 bridgehead atoms. The molecule has 5 heteroatoms. The van der Waals surface area contributed by atoms with Gasteiger partial charge in [-0.2, -0.15) is 0 Å². The van der Waals surface area contributed by atoms with Gasteiger partial charge in [-0.15, -0.1) is 10.2 Å². The molecule has 4 rings (SSSR count). The SMILES string of the molecule is Clc1ccc(-c2nnc(/C=C/c3cccc4ccccc34)o2)c(Cl)c1. The largest absolute Gasteiger partial charge is 0.417 e. The van der Waals surface area contributed by atoms with Crippen LogP contribution >= 0.6 is 23.2 Å². The third-order valence-corrected chi connectivity index (χ3v) is 4.38. The van der Waals surface area contributed by atoms with Crippen molar-refractivity contribution in [2.24, 2.45) is 0 Å². The van der Waals surface area contributed by atoms with E-state index in [0.717, 1.165) is 5.56 Å². The highest BCUT2D eigenvalue weighted by molar-refractivity contribution is 6.36. The zero-order chi connectivity index (χ0) is 17.2. The Morgan fingerprint density at radius 1 is 0.840 bits per heavy atom. The van der Waals surface area contributed by atoms with Crippen LogP contribution in [0.2, 0.25) is 10.0 Å². The second-order valence-electron chi connectivity index (χ2n) is 5.47. The topological polar surface area (TPSA) is 38.9 Å². The van der Waals surface area contributed by atoms with Crippen LogP contribution < -0.4 is 0 Å². The van der Waals surface area contributed by atoms with Gasteiger partial charge in [-0.3, -0.25) is 0 Å². The molecule has 0 fully saturated rings. The highest BCUT2D eigenvalue weighted by Crippen LogP contribution is 2.29. The van der Waals surface area contributed by atoms with Crippen LogP contribution in [-0.2, 0) is 0 Å². The maximum absolute atomic E-state index is 6.18. The van der Waals surface area contributed by atoms with Gasteiger partial charge in [0, 0.05) is 11.1 Å². The molecule has 0 unspecified atom stereocenters. The zero-order valence-electron chi connectivity index (χ0n) is 13.0. The molecule has 0 atom stereocenters. The van der Waals surface area contributed by atoms with Crippen LogP contribution in [0.5, 0.6) is 0 Å². The first kappa shape index (κ1) is 15.9. The summed E-state index contributed by atoms with van der Waals surface area (Å²) in [6.07, 6.45) is 3.76. The molecule has 0 radical (unpaired) electrons. The van der Waals surface area contributed by atoms with Gasteiger partial charge < -0.3 is 4.42 Å². The van der Waals surface area contributed by atoms with Crippen molar-refractivity contribution >= 4 is 46.1 Å². The third-order valence-electron chi connectivity index (χ3n) is 3.83. The van der Waals surface area contributed by atoms with Crippen LogP contribution in [0.3, 0.4) is 0 Å². The summed E-state index contributed by atoms with van der Waals surface area (Å²) < 4.78 is 5.69. The number of aromatic nitrogens is 2. The first-order valence-electron chi connectivity index (χ1n) is 7.65. The minimum Gasteiger partial charge on any atom is -0.417 e. The molecule has 0 saturated heterocycles. The van der Waals surface area contributed by atoms with Gasteiger partial charge in [0.25, 0.3) is 0 Å². The lowest BCUT2D eigenvalue weighted by molar-refractivity contribution is 0.558. The van der Waals surface area contributed by atoms with Crippen molar-refractivity contribution in [1.29, 1.82) is 0 Å². The Morgan fingerprint density at radius 2 is 1.68 bits per heavy atom. The van der Waals surface area contributed by atoms with Crippen LogP contribution in [0.1, 0.15) is 11.5 Å². The summed E-state index contributed by atoms with van der Waals surface area (Å²) in [5.41, 5.74) is 1.74. The number of hydrogen-bond acceptors (Lipinski definition) is 3. The Hall–Kier alpha value is -2.62. The van der Waals surface area contributed by atoms with Gasteiger partial charge in [0.15, 0.2) is 0 Å². The minimum absolute atomic E-state index is 0.360. The first-order chi connectivity index (χ1) is 12.2. The van der Waals surface area contributed by atoms with Crippen molar-refractivity contribution in [2.45, 2.75) is 0 Å². The van der Waals surface area contributed by atoms with Crippen LogP contribution in [0.25, 0.3) is 34.4 Å². The normalized spacial score (nSPS) is 11.4. The smallest absolute Gasteiger partial charge is 0.249 e. The third kappa shape index (κ3) is 3.29. The molecule has 0 saturated carbocycles. The van der Waals surface area contributed by atoms with E-state index >= 15 is 0 Å². The highest BCUT2D eigenvalue weighted by atomic mass is 35.5. The Bertz CT molecular complexity index is 1080. The second-order valence-corrected chi connectivity index (χ2v) is 6.31. The summed E-state index contributed by atoms with van der Waals surface area (Å²) >= 11 is 12.1. The van der Waals surface area contributed by atoms with E-state index in [2.05, 4.69) is 28.4 Å². The van der Waals surface area contributed by atoms with E-state index in [9.17, 15) is 0 Å². The average Bonchev–Trinajstić information content (AvgIpc) is 3.08. The molecule has 0 aliphatic heterocycles. The summed E-state index contributed by atoms with van der Waals surface area (Å²) in [6, 6.07) is 19.5. The predicted octanol–water partition coefficient (Wildman–Crippen LogP) is 6.37. The number of halogens is 2. The monoisotopic (exact) mass is 366 g/mol.